The summed E-state index contributed by atoms with van der Waals surface area (Å²) in [7, 11) is 3.54. The van der Waals surface area contributed by atoms with Crippen molar-refractivity contribution in [2.24, 2.45) is 0 Å². The van der Waals surface area contributed by atoms with Crippen LogP contribution in [0.2, 0.25) is 0 Å². The Kier molecular flexibility index (Phi) is 4.82. The van der Waals surface area contributed by atoms with Crippen LogP contribution >= 0.6 is 15.9 Å². The Morgan fingerprint density at radius 1 is 1.53 bits per heavy atom. The quantitative estimate of drug-likeness (QED) is 0.873. The number of nitrogens with one attached hydrogen (secondary N) is 1. The van der Waals surface area contributed by atoms with Crippen molar-refractivity contribution in [2.75, 3.05) is 26.0 Å². The Balaban J connectivity index is 1.98. The van der Waals surface area contributed by atoms with Gasteiger partial charge in [0.05, 0.1) is 13.2 Å². The first-order valence-electron chi connectivity index (χ1n) is 6.39. The predicted octanol–water partition coefficient (Wildman–Crippen LogP) is 2.63. The number of carbonyl (C=O) groups excluding carboxylic acids is 1. The van der Waals surface area contributed by atoms with Gasteiger partial charge in [-0.2, -0.15) is 0 Å². The number of halogens is 1. The zero-order valence-corrected chi connectivity index (χ0v) is 12.9. The Labute approximate surface area is 122 Å². The molecule has 0 aliphatic heterocycles. The molecule has 0 radical (unpaired) electrons. The van der Waals surface area contributed by atoms with Gasteiger partial charge in [0.2, 0.25) is 5.91 Å². The number of likely N-dealkylation sites (N-methyl/N-ethyl adjacent to an activating group) is 1. The SMILES string of the molecule is COCc1c(Br)cccc1NCC(=O)N(C)C1CC1. The van der Waals surface area contributed by atoms with E-state index in [4.69, 9.17) is 4.74 Å². The maximum absolute atomic E-state index is 12.0. The first kappa shape index (κ1) is 14.3. The number of hydrogen-bond acceptors (Lipinski definition) is 3. The lowest BCUT2D eigenvalue weighted by Gasteiger charge is -2.18. The smallest absolute Gasteiger partial charge is 0.241 e. The third kappa shape index (κ3) is 3.70. The van der Waals surface area contributed by atoms with E-state index in [2.05, 4.69) is 21.2 Å². The minimum Gasteiger partial charge on any atom is -0.380 e. The highest BCUT2D eigenvalue weighted by molar-refractivity contribution is 9.10. The van der Waals surface area contributed by atoms with Crippen LogP contribution in [0.25, 0.3) is 0 Å². The van der Waals surface area contributed by atoms with E-state index in [0.29, 0.717) is 19.2 Å². The molecule has 1 aromatic rings. The molecule has 4 nitrogen and oxygen atoms in total. The summed E-state index contributed by atoms with van der Waals surface area (Å²) in [5.41, 5.74) is 1.97. The van der Waals surface area contributed by atoms with Gasteiger partial charge in [0.1, 0.15) is 0 Å². The molecule has 1 N–H and O–H groups in total. The van der Waals surface area contributed by atoms with Crippen molar-refractivity contribution in [3.8, 4) is 0 Å². The van der Waals surface area contributed by atoms with Gasteiger partial charge in [-0.3, -0.25) is 4.79 Å². The van der Waals surface area contributed by atoms with Gasteiger partial charge in [0, 0.05) is 35.9 Å². The molecule has 2 rings (SSSR count). The summed E-state index contributed by atoms with van der Waals surface area (Å²) in [6.07, 6.45) is 2.27. The molecule has 5 heteroatoms. The van der Waals surface area contributed by atoms with Crippen molar-refractivity contribution in [3.05, 3.63) is 28.2 Å². The fraction of sp³-hybridized carbons (Fsp3) is 0.500. The predicted molar refractivity (Wildman–Crippen MR) is 79.1 cm³/mol. The van der Waals surface area contributed by atoms with E-state index < -0.39 is 0 Å². The Morgan fingerprint density at radius 2 is 2.26 bits per heavy atom. The van der Waals surface area contributed by atoms with Crippen molar-refractivity contribution in [1.82, 2.24) is 4.90 Å². The number of benzene rings is 1. The summed E-state index contributed by atoms with van der Waals surface area (Å²) in [5.74, 6) is 0.130. The van der Waals surface area contributed by atoms with E-state index in [0.717, 1.165) is 28.6 Å². The lowest BCUT2D eigenvalue weighted by Crippen LogP contribution is -2.33. The molecular weight excluding hydrogens is 308 g/mol. The molecule has 0 atom stereocenters. The van der Waals surface area contributed by atoms with Gasteiger partial charge < -0.3 is 15.0 Å². The number of anilines is 1. The Bertz CT molecular complexity index is 461. The van der Waals surface area contributed by atoms with Crippen molar-refractivity contribution in [3.63, 3.8) is 0 Å². The average Bonchev–Trinajstić information content (AvgIpc) is 3.22. The average molecular weight is 327 g/mol. The van der Waals surface area contributed by atoms with Crippen LogP contribution in [0.15, 0.2) is 22.7 Å². The maximum atomic E-state index is 12.0. The molecule has 1 fully saturated rings. The first-order chi connectivity index (χ1) is 9.13. The monoisotopic (exact) mass is 326 g/mol. The number of carbonyl (C=O) groups is 1. The Morgan fingerprint density at radius 3 is 2.89 bits per heavy atom. The summed E-state index contributed by atoms with van der Waals surface area (Å²) < 4.78 is 6.17. The van der Waals surface area contributed by atoms with Crippen LogP contribution in [0.5, 0.6) is 0 Å². The summed E-state index contributed by atoms with van der Waals surface area (Å²) in [6, 6.07) is 6.33. The number of rotatable bonds is 6. The highest BCUT2D eigenvalue weighted by atomic mass is 79.9. The van der Waals surface area contributed by atoms with E-state index in [9.17, 15) is 4.79 Å². The summed E-state index contributed by atoms with van der Waals surface area (Å²) in [5, 5.41) is 3.20. The number of hydrogen-bond donors (Lipinski definition) is 1. The van der Waals surface area contributed by atoms with Crippen molar-refractivity contribution < 1.29 is 9.53 Å². The number of amides is 1. The van der Waals surface area contributed by atoms with E-state index in [1.807, 2.05) is 30.1 Å². The molecule has 1 saturated carbocycles. The minimum absolute atomic E-state index is 0.130. The van der Waals surface area contributed by atoms with Crippen LogP contribution in [0.3, 0.4) is 0 Å². The number of nitrogens with zero attached hydrogens (tertiary/aromatic N) is 1. The maximum Gasteiger partial charge on any atom is 0.241 e. The van der Waals surface area contributed by atoms with Crippen molar-refractivity contribution >= 4 is 27.5 Å². The van der Waals surface area contributed by atoms with Gasteiger partial charge in [0.15, 0.2) is 0 Å². The zero-order chi connectivity index (χ0) is 13.8. The molecule has 0 saturated heterocycles. The molecule has 0 aromatic heterocycles. The number of methoxy groups -OCH3 is 1. The third-order valence-electron chi connectivity index (χ3n) is 3.33. The summed E-state index contributed by atoms with van der Waals surface area (Å²) >= 11 is 3.50. The largest absolute Gasteiger partial charge is 0.380 e. The molecular formula is C14H19BrN2O2. The second-order valence-corrected chi connectivity index (χ2v) is 5.64. The summed E-state index contributed by atoms with van der Waals surface area (Å²) in [4.78, 5) is 13.8. The lowest BCUT2D eigenvalue weighted by atomic mass is 10.2. The standard InChI is InChI=1S/C14H19BrN2O2/c1-17(10-6-7-10)14(18)8-16-13-5-3-4-12(15)11(13)9-19-2/h3-5,10,16H,6-9H2,1-2H3. The molecule has 1 aromatic carbocycles. The van der Waals surface area contributed by atoms with Gasteiger partial charge in [-0.25, -0.2) is 0 Å². The van der Waals surface area contributed by atoms with Crippen LogP contribution in [-0.4, -0.2) is 37.6 Å². The molecule has 1 amide bonds. The fourth-order valence-electron chi connectivity index (χ4n) is 1.98. The Hall–Kier alpha value is -1.07. The third-order valence-corrected chi connectivity index (χ3v) is 4.07. The van der Waals surface area contributed by atoms with Crippen LogP contribution < -0.4 is 5.32 Å². The summed E-state index contributed by atoms with van der Waals surface area (Å²) in [6.45, 7) is 0.830. The normalized spacial score (nSPS) is 14.3. The van der Waals surface area contributed by atoms with E-state index in [1.54, 1.807) is 7.11 Å². The minimum atomic E-state index is 0.130. The first-order valence-corrected chi connectivity index (χ1v) is 7.18. The number of ether oxygens (including phenoxy) is 1. The second kappa shape index (κ2) is 6.39. The van der Waals surface area contributed by atoms with Crippen LogP contribution in [0, 0.1) is 0 Å². The molecule has 0 bridgehead atoms. The van der Waals surface area contributed by atoms with Crippen LogP contribution in [0.1, 0.15) is 18.4 Å². The lowest BCUT2D eigenvalue weighted by molar-refractivity contribution is -0.128. The van der Waals surface area contributed by atoms with E-state index >= 15 is 0 Å². The van der Waals surface area contributed by atoms with Gasteiger partial charge >= 0.3 is 0 Å². The van der Waals surface area contributed by atoms with Crippen LogP contribution in [-0.2, 0) is 16.1 Å². The highest BCUT2D eigenvalue weighted by Crippen LogP contribution is 2.27. The van der Waals surface area contributed by atoms with Gasteiger partial charge in [-0.05, 0) is 25.0 Å². The molecule has 19 heavy (non-hydrogen) atoms. The second-order valence-electron chi connectivity index (χ2n) is 4.79. The molecule has 1 aliphatic carbocycles. The van der Waals surface area contributed by atoms with Crippen molar-refractivity contribution in [1.29, 1.82) is 0 Å². The zero-order valence-electron chi connectivity index (χ0n) is 11.3. The van der Waals surface area contributed by atoms with Crippen LogP contribution in [0.4, 0.5) is 5.69 Å². The molecule has 0 spiro atoms. The highest BCUT2D eigenvalue weighted by Gasteiger charge is 2.29. The van der Waals surface area contributed by atoms with E-state index in [-0.39, 0.29) is 5.91 Å². The molecule has 1 aliphatic rings. The van der Waals surface area contributed by atoms with Gasteiger partial charge in [-0.1, -0.05) is 22.0 Å². The van der Waals surface area contributed by atoms with Gasteiger partial charge in [0.25, 0.3) is 0 Å². The van der Waals surface area contributed by atoms with Crippen molar-refractivity contribution in [2.45, 2.75) is 25.5 Å². The fourth-order valence-corrected chi connectivity index (χ4v) is 2.46. The molecule has 0 heterocycles. The molecule has 104 valence electrons. The topological polar surface area (TPSA) is 41.6 Å². The van der Waals surface area contributed by atoms with Gasteiger partial charge in [-0.15, -0.1) is 0 Å². The molecule has 0 unspecified atom stereocenters. The van der Waals surface area contributed by atoms with E-state index in [1.165, 1.54) is 0 Å².